The number of rotatable bonds is 3. The van der Waals surface area contributed by atoms with Crippen molar-refractivity contribution in [3.05, 3.63) is 52.1 Å². The number of carbonyl (C=O) groups excluding carboxylic acids is 1. The Hall–Kier alpha value is -2.68. The number of halogens is 3. The number of fused-ring (bicyclic) bond motifs is 1. The van der Waals surface area contributed by atoms with Gasteiger partial charge in [0.2, 0.25) is 5.91 Å². The van der Waals surface area contributed by atoms with Gasteiger partial charge in [-0.15, -0.1) is 0 Å². The predicted octanol–water partition coefficient (Wildman–Crippen LogP) is 3.72. The fraction of sp³-hybridized carbons (Fsp3) is 0.353. The molecule has 138 valence electrons. The Kier molecular flexibility index (Phi) is 4.14. The van der Waals surface area contributed by atoms with Crippen molar-refractivity contribution in [2.75, 3.05) is 6.54 Å². The number of carbonyl (C=O) groups is 1. The van der Waals surface area contributed by atoms with E-state index >= 15 is 0 Å². The number of nitrogens with zero attached hydrogens (tertiary/aromatic N) is 2. The molecule has 0 aliphatic carbocycles. The van der Waals surface area contributed by atoms with Crippen LogP contribution in [-0.2, 0) is 4.79 Å². The SMILES string of the molecule is CC1(C)CN(C(c2ccc3c([N+](=O)[O-])cccc3c2)C(F)(F)F)NC1=O. The summed E-state index contributed by atoms with van der Waals surface area (Å²) in [4.78, 5) is 22.4. The molecule has 1 heterocycles. The Bertz CT molecular complexity index is 896. The van der Waals surface area contributed by atoms with Gasteiger partial charge in [-0.25, -0.2) is 5.01 Å². The Labute approximate surface area is 146 Å². The first-order valence-electron chi connectivity index (χ1n) is 7.82. The third kappa shape index (κ3) is 3.10. The van der Waals surface area contributed by atoms with Crippen LogP contribution in [0.5, 0.6) is 0 Å². The highest BCUT2D eigenvalue weighted by molar-refractivity contribution is 5.91. The zero-order chi connectivity index (χ0) is 19.3. The van der Waals surface area contributed by atoms with Crippen molar-refractivity contribution in [1.82, 2.24) is 10.4 Å². The van der Waals surface area contributed by atoms with E-state index in [2.05, 4.69) is 5.43 Å². The number of hydrogen-bond acceptors (Lipinski definition) is 4. The Morgan fingerprint density at radius 2 is 1.96 bits per heavy atom. The molecule has 0 aromatic heterocycles. The Balaban J connectivity index is 2.08. The normalized spacial score (nSPS) is 18.7. The van der Waals surface area contributed by atoms with Gasteiger partial charge < -0.3 is 0 Å². The predicted molar refractivity (Wildman–Crippen MR) is 88.0 cm³/mol. The molecule has 1 N–H and O–H groups in total. The molecule has 26 heavy (non-hydrogen) atoms. The maximum absolute atomic E-state index is 13.7. The van der Waals surface area contributed by atoms with Crippen LogP contribution in [0.15, 0.2) is 36.4 Å². The number of amides is 1. The average Bonchev–Trinajstić information content (AvgIpc) is 2.77. The number of benzene rings is 2. The third-order valence-electron chi connectivity index (χ3n) is 4.44. The summed E-state index contributed by atoms with van der Waals surface area (Å²) in [6.45, 7) is 3.03. The molecule has 0 bridgehead atoms. The lowest BCUT2D eigenvalue weighted by Crippen LogP contribution is -2.43. The topological polar surface area (TPSA) is 75.5 Å². The van der Waals surface area contributed by atoms with E-state index in [1.807, 2.05) is 0 Å². The van der Waals surface area contributed by atoms with Crippen LogP contribution in [-0.4, -0.2) is 28.6 Å². The number of hydrogen-bond donors (Lipinski definition) is 1. The minimum Gasteiger partial charge on any atom is -0.287 e. The van der Waals surface area contributed by atoms with Crippen LogP contribution >= 0.6 is 0 Å². The van der Waals surface area contributed by atoms with E-state index in [1.54, 1.807) is 13.8 Å². The summed E-state index contributed by atoms with van der Waals surface area (Å²) in [6.07, 6.45) is -4.64. The standard InChI is InChI=1S/C17H16F3N3O3/c1-16(2)9-22(21-15(16)24)14(17(18,19)20)11-6-7-12-10(8-11)4-3-5-13(12)23(25)26/h3-8,14H,9H2,1-2H3,(H,21,24). The lowest BCUT2D eigenvalue weighted by atomic mass is 9.93. The summed E-state index contributed by atoms with van der Waals surface area (Å²) in [5.74, 6) is -0.483. The van der Waals surface area contributed by atoms with Crippen molar-refractivity contribution in [2.24, 2.45) is 5.41 Å². The lowest BCUT2D eigenvalue weighted by Gasteiger charge is -2.30. The first-order valence-corrected chi connectivity index (χ1v) is 7.82. The first-order chi connectivity index (χ1) is 12.0. The highest BCUT2D eigenvalue weighted by Gasteiger charge is 2.51. The summed E-state index contributed by atoms with van der Waals surface area (Å²) in [5, 5.41) is 12.5. The summed E-state index contributed by atoms with van der Waals surface area (Å²) in [7, 11) is 0. The summed E-state index contributed by atoms with van der Waals surface area (Å²) in [5.41, 5.74) is 1.08. The molecule has 1 amide bonds. The van der Waals surface area contributed by atoms with E-state index in [0.29, 0.717) is 5.39 Å². The summed E-state index contributed by atoms with van der Waals surface area (Å²) < 4.78 is 41.2. The zero-order valence-electron chi connectivity index (χ0n) is 14.0. The molecule has 6 nitrogen and oxygen atoms in total. The van der Waals surface area contributed by atoms with Crippen molar-refractivity contribution in [3.8, 4) is 0 Å². The molecule has 1 atom stereocenters. The second-order valence-electron chi connectivity index (χ2n) is 6.91. The number of nitro groups is 1. The second-order valence-corrected chi connectivity index (χ2v) is 6.91. The third-order valence-corrected chi connectivity index (χ3v) is 4.44. The molecule has 2 aromatic rings. The maximum Gasteiger partial charge on any atom is 0.409 e. The van der Waals surface area contributed by atoms with Crippen molar-refractivity contribution in [3.63, 3.8) is 0 Å². The smallest absolute Gasteiger partial charge is 0.287 e. The van der Waals surface area contributed by atoms with E-state index in [-0.39, 0.29) is 23.2 Å². The van der Waals surface area contributed by atoms with Crippen LogP contribution in [0, 0.1) is 15.5 Å². The maximum atomic E-state index is 13.7. The molecule has 0 spiro atoms. The quantitative estimate of drug-likeness (QED) is 0.663. The van der Waals surface area contributed by atoms with Gasteiger partial charge in [0.15, 0.2) is 0 Å². The van der Waals surface area contributed by atoms with Gasteiger partial charge in [0, 0.05) is 12.6 Å². The van der Waals surface area contributed by atoms with E-state index in [9.17, 15) is 28.1 Å². The van der Waals surface area contributed by atoms with E-state index < -0.39 is 28.5 Å². The number of nitro benzene ring substituents is 1. The molecule has 2 aromatic carbocycles. The van der Waals surface area contributed by atoms with Gasteiger partial charge in [-0.05, 0) is 36.9 Å². The number of hydrazine groups is 1. The molecule has 0 radical (unpaired) electrons. The molecule has 1 aliphatic heterocycles. The fourth-order valence-electron chi connectivity index (χ4n) is 3.13. The van der Waals surface area contributed by atoms with Crippen LogP contribution in [0.1, 0.15) is 25.5 Å². The van der Waals surface area contributed by atoms with E-state index in [4.69, 9.17) is 0 Å². The van der Waals surface area contributed by atoms with Gasteiger partial charge in [0.1, 0.15) is 6.04 Å². The van der Waals surface area contributed by atoms with E-state index in [1.165, 1.54) is 36.4 Å². The largest absolute Gasteiger partial charge is 0.409 e. The summed E-state index contributed by atoms with van der Waals surface area (Å²) >= 11 is 0. The van der Waals surface area contributed by atoms with Crippen molar-refractivity contribution in [1.29, 1.82) is 0 Å². The molecular formula is C17H16F3N3O3. The molecule has 1 aliphatic rings. The zero-order valence-corrected chi connectivity index (χ0v) is 14.0. The van der Waals surface area contributed by atoms with Crippen LogP contribution in [0.2, 0.25) is 0 Å². The molecular weight excluding hydrogens is 351 g/mol. The van der Waals surface area contributed by atoms with Crippen molar-refractivity contribution >= 4 is 22.4 Å². The minimum absolute atomic E-state index is 0.0940. The molecule has 9 heteroatoms. The molecule has 1 unspecified atom stereocenters. The fourth-order valence-corrected chi connectivity index (χ4v) is 3.13. The van der Waals surface area contributed by atoms with Crippen LogP contribution < -0.4 is 5.43 Å². The van der Waals surface area contributed by atoms with Gasteiger partial charge in [-0.2, -0.15) is 13.2 Å². The highest BCUT2D eigenvalue weighted by atomic mass is 19.4. The van der Waals surface area contributed by atoms with Gasteiger partial charge in [-0.3, -0.25) is 20.3 Å². The molecule has 1 fully saturated rings. The number of nitrogens with one attached hydrogen (secondary N) is 1. The van der Waals surface area contributed by atoms with Crippen molar-refractivity contribution < 1.29 is 22.9 Å². The van der Waals surface area contributed by atoms with Crippen LogP contribution in [0.3, 0.4) is 0 Å². The Morgan fingerprint density at radius 1 is 1.27 bits per heavy atom. The number of non-ortho nitro benzene ring substituents is 1. The second kappa shape index (κ2) is 5.94. The highest BCUT2D eigenvalue weighted by Crippen LogP contribution is 2.41. The van der Waals surface area contributed by atoms with Gasteiger partial charge in [0.05, 0.1) is 15.7 Å². The monoisotopic (exact) mass is 367 g/mol. The first kappa shape index (κ1) is 18.1. The van der Waals surface area contributed by atoms with Gasteiger partial charge in [-0.1, -0.05) is 18.2 Å². The molecule has 1 saturated heterocycles. The summed E-state index contributed by atoms with van der Waals surface area (Å²) in [6, 6.07) is 6.00. The lowest BCUT2D eigenvalue weighted by molar-refractivity contribution is -0.383. The van der Waals surface area contributed by atoms with Crippen LogP contribution in [0.4, 0.5) is 18.9 Å². The van der Waals surface area contributed by atoms with E-state index in [0.717, 1.165) is 5.01 Å². The van der Waals surface area contributed by atoms with Crippen LogP contribution in [0.25, 0.3) is 10.8 Å². The van der Waals surface area contributed by atoms with Gasteiger partial charge >= 0.3 is 6.18 Å². The van der Waals surface area contributed by atoms with Crippen molar-refractivity contribution in [2.45, 2.75) is 26.1 Å². The van der Waals surface area contributed by atoms with Gasteiger partial charge in [0.25, 0.3) is 5.69 Å². The Morgan fingerprint density at radius 3 is 2.50 bits per heavy atom. The number of alkyl halides is 3. The molecule has 0 saturated carbocycles. The average molecular weight is 367 g/mol. The minimum atomic E-state index is -4.64. The molecule has 3 rings (SSSR count).